The molecule has 0 aromatic heterocycles. The predicted molar refractivity (Wildman–Crippen MR) is 324 cm³/mol. The molecule has 0 rings (SSSR count). The molecule has 0 radical (unpaired) electrons. The fourth-order valence-electron chi connectivity index (χ4n) is 10.6. The minimum absolute atomic E-state index is 0.00909. The Balaban J connectivity index is 3.45. The van der Waals surface area contributed by atoms with E-state index < -0.39 is 12.1 Å². The number of esters is 1. The predicted octanol–water partition coefficient (Wildman–Crippen LogP) is 21.4. The average molecular weight is 1040 g/mol. The molecule has 0 aliphatic rings. The van der Waals surface area contributed by atoms with Gasteiger partial charge >= 0.3 is 5.97 Å². The van der Waals surface area contributed by atoms with Crippen molar-refractivity contribution in [3.8, 4) is 0 Å². The Labute approximate surface area is 462 Å². The monoisotopic (exact) mass is 1040 g/mol. The van der Waals surface area contributed by atoms with Crippen LogP contribution in [0.4, 0.5) is 0 Å². The molecule has 0 aliphatic carbocycles. The van der Waals surface area contributed by atoms with E-state index >= 15 is 0 Å². The molecule has 6 heteroatoms. The zero-order valence-electron chi connectivity index (χ0n) is 50.1. The van der Waals surface area contributed by atoms with E-state index in [1.165, 1.54) is 276 Å². The Kier molecular flexibility index (Phi) is 62.4. The Bertz CT molecular complexity index is 1150. The van der Waals surface area contributed by atoms with Crippen molar-refractivity contribution in [1.82, 2.24) is 5.32 Å². The molecule has 0 heterocycles. The van der Waals surface area contributed by atoms with Crippen LogP contribution in [0.1, 0.15) is 373 Å². The van der Waals surface area contributed by atoms with Crippen molar-refractivity contribution in [1.29, 1.82) is 0 Å². The number of rotatable bonds is 63. The van der Waals surface area contributed by atoms with Gasteiger partial charge in [0.25, 0.3) is 0 Å². The van der Waals surface area contributed by atoms with Crippen LogP contribution in [-0.2, 0) is 14.3 Å². The van der Waals surface area contributed by atoms with Gasteiger partial charge in [0.05, 0.1) is 25.4 Å². The summed E-state index contributed by atoms with van der Waals surface area (Å²) in [6.07, 6.45) is 79.2. The molecule has 0 fully saturated rings. The molecular weight excluding hydrogens is 911 g/mol. The van der Waals surface area contributed by atoms with E-state index in [0.29, 0.717) is 25.9 Å². The second kappa shape index (κ2) is 63.9. The highest BCUT2D eigenvalue weighted by atomic mass is 16.5. The SMILES string of the molecule is CCCCCCCCC/C=C\CCCCCCCC(=O)OCCCCCCCCC/C=C\CCCCCCCC(=O)NC(CO)C(O)CCCCCCCCCCCCCCCCCCCCCCCCCCC. The molecule has 0 saturated heterocycles. The van der Waals surface area contributed by atoms with Gasteiger partial charge in [-0.2, -0.15) is 0 Å². The number of carbonyl (C=O) groups is 2. The van der Waals surface area contributed by atoms with Crippen LogP contribution in [0.15, 0.2) is 24.3 Å². The topological polar surface area (TPSA) is 95.9 Å². The smallest absolute Gasteiger partial charge is 0.305 e. The standard InChI is InChI=1S/C68H131NO5/c1-3-5-7-9-11-13-15-17-19-21-22-23-24-25-26-27-28-29-32-36-40-44-48-52-56-60-66(71)65(64-70)69-67(72)61-57-53-49-45-41-37-33-30-31-35-39-43-47-51-55-59-63-74-68(73)62-58-54-50-46-42-38-34-20-18-16-14-12-10-8-6-4-2/h20,30,33-34,65-66,70-71H,3-19,21-29,31-32,35-64H2,1-2H3,(H,69,72)/b33-30-,34-20-. The van der Waals surface area contributed by atoms with Crippen molar-refractivity contribution in [2.24, 2.45) is 0 Å². The van der Waals surface area contributed by atoms with Crippen molar-refractivity contribution in [3.63, 3.8) is 0 Å². The molecule has 0 aromatic carbocycles. The molecule has 2 unspecified atom stereocenters. The summed E-state index contributed by atoms with van der Waals surface area (Å²) in [7, 11) is 0. The average Bonchev–Trinajstić information content (AvgIpc) is 3.40. The summed E-state index contributed by atoms with van der Waals surface area (Å²) >= 11 is 0. The van der Waals surface area contributed by atoms with Gasteiger partial charge in [0.15, 0.2) is 0 Å². The number of aliphatic hydroxyl groups is 2. The van der Waals surface area contributed by atoms with E-state index in [2.05, 4.69) is 43.5 Å². The lowest BCUT2D eigenvalue weighted by molar-refractivity contribution is -0.143. The Morgan fingerprint density at radius 2 is 0.635 bits per heavy atom. The second-order valence-corrected chi connectivity index (χ2v) is 23.1. The van der Waals surface area contributed by atoms with Crippen LogP contribution in [-0.4, -0.2) is 47.4 Å². The van der Waals surface area contributed by atoms with Crippen LogP contribution in [0.3, 0.4) is 0 Å². The maximum Gasteiger partial charge on any atom is 0.305 e. The molecule has 3 N–H and O–H groups in total. The minimum atomic E-state index is -0.677. The number of allylic oxidation sites excluding steroid dienone is 4. The van der Waals surface area contributed by atoms with Crippen molar-refractivity contribution < 1.29 is 24.5 Å². The lowest BCUT2D eigenvalue weighted by atomic mass is 10.0. The van der Waals surface area contributed by atoms with Crippen LogP contribution in [0, 0.1) is 0 Å². The van der Waals surface area contributed by atoms with Gasteiger partial charge in [-0.15, -0.1) is 0 Å². The Morgan fingerprint density at radius 1 is 0.365 bits per heavy atom. The molecule has 0 saturated carbocycles. The Morgan fingerprint density at radius 3 is 0.959 bits per heavy atom. The summed E-state index contributed by atoms with van der Waals surface area (Å²) in [4.78, 5) is 24.6. The maximum absolute atomic E-state index is 12.5. The zero-order valence-corrected chi connectivity index (χ0v) is 50.1. The number of amides is 1. The minimum Gasteiger partial charge on any atom is -0.466 e. The number of ether oxygens (including phenoxy) is 1. The van der Waals surface area contributed by atoms with E-state index in [1.807, 2.05) is 0 Å². The molecule has 0 aromatic rings. The number of nitrogens with one attached hydrogen (secondary N) is 1. The number of unbranched alkanes of at least 4 members (excludes halogenated alkanes) is 48. The molecule has 0 bridgehead atoms. The molecule has 0 spiro atoms. The highest BCUT2D eigenvalue weighted by Gasteiger charge is 2.20. The van der Waals surface area contributed by atoms with Crippen molar-refractivity contribution in [3.05, 3.63) is 24.3 Å². The second-order valence-electron chi connectivity index (χ2n) is 23.1. The number of aliphatic hydroxyl groups excluding tert-OH is 2. The van der Waals surface area contributed by atoms with Gasteiger partial charge in [0.2, 0.25) is 5.91 Å². The van der Waals surface area contributed by atoms with E-state index in [0.717, 1.165) is 64.2 Å². The Hall–Kier alpha value is -1.66. The van der Waals surface area contributed by atoms with E-state index in [4.69, 9.17) is 4.74 Å². The van der Waals surface area contributed by atoms with Gasteiger partial charge in [-0.3, -0.25) is 9.59 Å². The number of carbonyl (C=O) groups excluding carboxylic acids is 2. The van der Waals surface area contributed by atoms with Gasteiger partial charge < -0.3 is 20.3 Å². The normalized spacial score (nSPS) is 12.6. The van der Waals surface area contributed by atoms with E-state index in [1.54, 1.807) is 0 Å². The molecule has 0 aliphatic heterocycles. The van der Waals surface area contributed by atoms with Crippen LogP contribution in [0.5, 0.6) is 0 Å². The molecule has 438 valence electrons. The van der Waals surface area contributed by atoms with Crippen molar-refractivity contribution >= 4 is 11.9 Å². The number of hydrogen-bond acceptors (Lipinski definition) is 5. The highest BCUT2D eigenvalue weighted by molar-refractivity contribution is 5.76. The first-order chi connectivity index (χ1) is 36.5. The summed E-state index contributed by atoms with van der Waals surface area (Å²) < 4.78 is 5.48. The zero-order chi connectivity index (χ0) is 53.6. The summed E-state index contributed by atoms with van der Waals surface area (Å²) in [6.45, 7) is 4.95. The summed E-state index contributed by atoms with van der Waals surface area (Å²) in [6, 6.07) is -0.555. The lowest BCUT2D eigenvalue weighted by Gasteiger charge is -2.22. The van der Waals surface area contributed by atoms with E-state index in [-0.39, 0.29) is 18.5 Å². The third-order valence-corrected chi connectivity index (χ3v) is 15.7. The summed E-state index contributed by atoms with van der Waals surface area (Å²) in [5.41, 5.74) is 0. The number of hydrogen-bond donors (Lipinski definition) is 3. The molecule has 74 heavy (non-hydrogen) atoms. The molecule has 1 amide bonds. The fraction of sp³-hybridized carbons (Fsp3) is 0.912. The van der Waals surface area contributed by atoms with Gasteiger partial charge in [-0.05, 0) is 77.0 Å². The van der Waals surface area contributed by atoms with Crippen LogP contribution < -0.4 is 5.32 Å². The highest BCUT2D eigenvalue weighted by Crippen LogP contribution is 2.18. The van der Waals surface area contributed by atoms with Crippen LogP contribution in [0.25, 0.3) is 0 Å². The quantitative estimate of drug-likeness (QED) is 0.0320. The largest absolute Gasteiger partial charge is 0.466 e. The maximum atomic E-state index is 12.5. The van der Waals surface area contributed by atoms with Crippen molar-refractivity contribution in [2.75, 3.05) is 13.2 Å². The van der Waals surface area contributed by atoms with Gasteiger partial charge in [0.1, 0.15) is 0 Å². The van der Waals surface area contributed by atoms with Crippen LogP contribution in [0.2, 0.25) is 0 Å². The lowest BCUT2D eigenvalue weighted by Crippen LogP contribution is -2.45. The van der Waals surface area contributed by atoms with Crippen molar-refractivity contribution in [2.45, 2.75) is 386 Å². The first-order valence-electron chi connectivity index (χ1n) is 33.6. The summed E-state index contributed by atoms with van der Waals surface area (Å²) in [5.74, 6) is -0.0572. The summed E-state index contributed by atoms with van der Waals surface area (Å²) in [5, 5.41) is 23.4. The van der Waals surface area contributed by atoms with E-state index in [9.17, 15) is 19.8 Å². The molecule has 2 atom stereocenters. The molecule has 6 nitrogen and oxygen atoms in total. The van der Waals surface area contributed by atoms with Gasteiger partial charge in [-0.1, -0.05) is 308 Å². The third-order valence-electron chi connectivity index (χ3n) is 15.7. The fourth-order valence-corrected chi connectivity index (χ4v) is 10.6. The van der Waals surface area contributed by atoms with Crippen LogP contribution >= 0.6 is 0 Å². The third kappa shape index (κ3) is 59.6. The molecular formula is C68H131NO5. The van der Waals surface area contributed by atoms with Gasteiger partial charge in [0, 0.05) is 12.8 Å². The van der Waals surface area contributed by atoms with Gasteiger partial charge in [-0.25, -0.2) is 0 Å². The first-order valence-corrected chi connectivity index (χ1v) is 33.6. The first kappa shape index (κ1) is 72.3.